The van der Waals surface area contributed by atoms with Gasteiger partial charge in [0.2, 0.25) is 6.41 Å². The predicted molar refractivity (Wildman–Crippen MR) is 74.5 cm³/mol. The number of rotatable bonds is 5. The van der Waals surface area contributed by atoms with E-state index >= 15 is 0 Å². The van der Waals surface area contributed by atoms with Gasteiger partial charge in [0.1, 0.15) is 6.04 Å². The third-order valence-electron chi connectivity index (χ3n) is 3.13. The summed E-state index contributed by atoms with van der Waals surface area (Å²) in [7, 11) is 0. The summed E-state index contributed by atoms with van der Waals surface area (Å²) in [6, 6.07) is 4.47. The topological polar surface area (TPSA) is 73.2 Å². The van der Waals surface area contributed by atoms with Gasteiger partial charge in [0, 0.05) is 23.7 Å². The molecule has 20 heavy (non-hydrogen) atoms. The summed E-state index contributed by atoms with van der Waals surface area (Å²) in [5, 5.41) is 12.5. The van der Waals surface area contributed by atoms with Gasteiger partial charge in [-0.2, -0.15) is 5.26 Å². The van der Waals surface area contributed by atoms with Gasteiger partial charge in [0.15, 0.2) is 0 Å². The first kappa shape index (κ1) is 14.6. The lowest BCUT2D eigenvalue weighted by molar-refractivity contribution is -0.109. The molecule has 1 atom stereocenters. The van der Waals surface area contributed by atoms with Gasteiger partial charge in [-0.15, -0.1) is 0 Å². The van der Waals surface area contributed by atoms with Gasteiger partial charge in [-0.25, -0.2) is 0 Å². The number of hydrogen-bond acceptors (Lipinski definition) is 3. The van der Waals surface area contributed by atoms with Gasteiger partial charge < -0.3 is 10.2 Å². The van der Waals surface area contributed by atoms with Gasteiger partial charge in [0.05, 0.1) is 16.7 Å². The number of carbonyl (C=O) groups is 2. The lowest BCUT2D eigenvalue weighted by Gasteiger charge is -2.19. The first-order valence-electron chi connectivity index (χ1n) is 5.97. The zero-order valence-corrected chi connectivity index (χ0v) is 11.9. The molecule has 2 rings (SSSR count). The van der Waals surface area contributed by atoms with E-state index < -0.39 is 6.04 Å². The second-order valence-corrected chi connectivity index (χ2v) is 5.09. The van der Waals surface area contributed by atoms with Crippen LogP contribution in [0.15, 0.2) is 12.1 Å². The van der Waals surface area contributed by atoms with Crippen molar-refractivity contribution >= 4 is 35.5 Å². The van der Waals surface area contributed by atoms with Crippen LogP contribution in [-0.2, 0) is 4.79 Å². The molecule has 1 unspecified atom stereocenters. The minimum atomic E-state index is -0.736. The summed E-state index contributed by atoms with van der Waals surface area (Å²) in [6.45, 7) is 0.780. The van der Waals surface area contributed by atoms with Crippen molar-refractivity contribution in [3.63, 3.8) is 0 Å². The van der Waals surface area contributed by atoms with Gasteiger partial charge in [-0.3, -0.25) is 9.59 Å². The van der Waals surface area contributed by atoms with Gasteiger partial charge >= 0.3 is 0 Å². The summed E-state index contributed by atoms with van der Waals surface area (Å²) in [5.41, 5.74) is 0.768. The van der Waals surface area contributed by atoms with Gasteiger partial charge in [-0.05, 0) is 18.6 Å². The molecule has 104 valence electrons. The molecule has 0 radical (unpaired) electrons. The highest BCUT2D eigenvalue weighted by Gasteiger charge is 2.39. The fraction of sp³-hybridized carbons (Fsp3) is 0.308. The van der Waals surface area contributed by atoms with E-state index in [1.807, 2.05) is 0 Å². The average molecular weight is 312 g/mol. The standard InChI is InChI=1S/C13H11Cl2N3O2/c14-8-2-3-9(15)12-11(8)10(6-16)18(13(12)20)5-1-4-17-7-19/h2-3,7,10H,1,4-5H2,(H,17,19). The highest BCUT2D eigenvalue weighted by Crippen LogP contribution is 2.41. The molecular formula is C13H11Cl2N3O2. The lowest BCUT2D eigenvalue weighted by Crippen LogP contribution is -2.30. The van der Waals surface area contributed by atoms with E-state index in [9.17, 15) is 14.9 Å². The van der Waals surface area contributed by atoms with Crippen LogP contribution in [0.2, 0.25) is 10.0 Å². The molecule has 0 saturated heterocycles. The second kappa shape index (κ2) is 6.12. The molecule has 1 N–H and O–H groups in total. The first-order valence-corrected chi connectivity index (χ1v) is 6.73. The molecule has 1 aliphatic rings. The van der Waals surface area contributed by atoms with Crippen molar-refractivity contribution in [1.29, 1.82) is 5.26 Å². The van der Waals surface area contributed by atoms with Crippen LogP contribution in [0.1, 0.15) is 28.4 Å². The fourth-order valence-corrected chi connectivity index (χ4v) is 2.75. The predicted octanol–water partition coefficient (Wildman–Crippen LogP) is 2.15. The Balaban J connectivity index is 2.28. The number of nitriles is 1. The van der Waals surface area contributed by atoms with Gasteiger partial charge in [-0.1, -0.05) is 23.2 Å². The molecule has 7 heteroatoms. The Morgan fingerprint density at radius 2 is 2.10 bits per heavy atom. The molecule has 0 aliphatic carbocycles. The van der Waals surface area contributed by atoms with E-state index in [2.05, 4.69) is 11.4 Å². The Bertz CT molecular complexity index is 598. The number of fused-ring (bicyclic) bond motifs is 1. The third-order valence-corrected chi connectivity index (χ3v) is 3.77. The van der Waals surface area contributed by atoms with Crippen molar-refractivity contribution in [2.24, 2.45) is 0 Å². The fourth-order valence-electron chi connectivity index (χ4n) is 2.24. The molecule has 1 aromatic rings. The van der Waals surface area contributed by atoms with Crippen LogP contribution >= 0.6 is 23.2 Å². The second-order valence-electron chi connectivity index (χ2n) is 4.27. The van der Waals surface area contributed by atoms with Crippen molar-refractivity contribution in [3.05, 3.63) is 33.3 Å². The number of benzene rings is 1. The van der Waals surface area contributed by atoms with E-state index in [1.54, 1.807) is 12.1 Å². The Hall–Kier alpha value is -1.77. The molecule has 0 saturated carbocycles. The van der Waals surface area contributed by atoms with Crippen LogP contribution in [0.4, 0.5) is 0 Å². The average Bonchev–Trinajstić information content (AvgIpc) is 2.73. The van der Waals surface area contributed by atoms with Crippen molar-refractivity contribution in [3.8, 4) is 6.07 Å². The SMILES string of the molecule is N#CC1c2c(Cl)ccc(Cl)c2C(=O)N1CCCNC=O. The molecule has 1 aromatic carbocycles. The Labute approximate surface area is 126 Å². The maximum absolute atomic E-state index is 12.3. The van der Waals surface area contributed by atoms with E-state index in [1.165, 1.54) is 4.90 Å². The van der Waals surface area contributed by atoms with Crippen LogP contribution in [0.3, 0.4) is 0 Å². The van der Waals surface area contributed by atoms with Crippen molar-refractivity contribution < 1.29 is 9.59 Å². The normalized spacial score (nSPS) is 16.8. The summed E-state index contributed by atoms with van der Waals surface area (Å²) in [4.78, 5) is 23.9. The zero-order valence-electron chi connectivity index (χ0n) is 10.4. The summed E-state index contributed by atoms with van der Waals surface area (Å²) < 4.78 is 0. The van der Waals surface area contributed by atoms with Gasteiger partial charge in [0.25, 0.3) is 5.91 Å². The molecule has 0 aromatic heterocycles. The number of nitrogens with zero attached hydrogens (tertiary/aromatic N) is 2. The van der Waals surface area contributed by atoms with Crippen LogP contribution in [0.25, 0.3) is 0 Å². The summed E-state index contributed by atoms with van der Waals surface area (Å²) >= 11 is 12.1. The molecule has 1 heterocycles. The first-order chi connectivity index (χ1) is 9.61. The number of nitrogens with one attached hydrogen (secondary N) is 1. The Morgan fingerprint density at radius 3 is 2.75 bits per heavy atom. The molecule has 2 amide bonds. The quantitative estimate of drug-likeness (QED) is 0.669. The molecule has 1 aliphatic heterocycles. The highest BCUT2D eigenvalue weighted by molar-refractivity contribution is 6.37. The summed E-state index contributed by atoms with van der Waals surface area (Å²) in [5.74, 6) is -0.301. The van der Waals surface area contributed by atoms with Crippen LogP contribution < -0.4 is 5.32 Å². The number of hydrogen-bond donors (Lipinski definition) is 1. The molecular weight excluding hydrogens is 301 g/mol. The van der Waals surface area contributed by atoms with E-state index in [0.29, 0.717) is 47.1 Å². The minimum Gasteiger partial charge on any atom is -0.359 e. The maximum Gasteiger partial charge on any atom is 0.257 e. The highest BCUT2D eigenvalue weighted by atomic mass is 35.5. The Kier molecular flexibility index (Phi) is 4.48. The van der Waals surface area contributed by atoms with Crippen LogP contribution in [0.5, 0.6) is 0 Å². The molecule has 5 nitrogen and oxygen atoms in total. The largest absolute Gasteiger partial charge is 0.359 e. The smallest absolute Gasteiger partial charge is 0.257 e. The monoisotopic (exact) mass is 311 g/mol. The van der Waals surface area contributed by atoms with Crippen LogP contribution in [0, 0.1) is 11.3 Å². The maximum atomic E-state index is 12.3. The molecule has 0 fully saturated rings. The lowest BCUT2D eigenvalue weighted by atomic mass is 10.1. The zero-order chi connectivity index (χ0) is 14.7. The molecule has 0 bridgehead atoms. The Morgan fingerprint density at radius 1 is 1.40 bits per heavy atom. The van der Waals surface area contributed by atoms with Crippen LogP contribution in [-0.4, -0.2) is 30.3 Å². The van der Waals surface area contributed by atoms with E-state index in [4.69, 9.17) is 23.2 Å². The number of amides is 2. The minimum absolute atomic E-state index is 0.295. The molecule has 0 spiro atoms. The van der Waals surface area contributed by atoms with E-state index in [-0.39, 0.29) is 5.91 Å². The third kappa shape index (κ3) is 2.45. The van der Waals surface area contributed by atoms with E-state index in [0.717, 1.165) is 0 Å². The van der Waals surface area contributed by atoms with Crippen molar-refractivity contribution in [2.45, 2.75) is 12.5 Å². The summed E-state index contributed by atoms with van der Waals surface area (Å²) in [6.07, 6.45) is 1.14. The van der Waals surface area contributed by atoms with Crippen molar-refractivity contribution in [1.82, 2.24) is 10.2 Å². The number of halogens is 2. The van der Waals surface area contributed by atoms with Crippen molar-refractivity contribution in [2.75, 3.05) is 13.1 Å². The number of carbonyl (C=O) groups excluding carboxylic acids is 2.